The number of nitrogens with zero attached hydrogens (tertiary/aromatic N) is 2. The SMILES string of the molecule is CCc1ccccc1CNc1ncnc(OC)c1N. The average molecular weight is 258 g/mol. The van der Waals surface area contributed by atoms with Crippen LogP contribution in [0.25, 0.3) is 0 Å². The van der Waals surface area contributed by atoms with Crippen LogP contribution in [0.15, 0.2) is 30.6 Å². The van der Waals surface area contributed by atoms with E-state index in [-0.39, 0.29) is 0 Å². The van der Waals surface area contributed by atoms with Crippen molar-refractivity contribution >= 4 is 11.5 Å². The van der Waals surface area contributed by atoms with E-state index < -0.39 is 0 Å². The molecule has 2 rings (SSSR count). The Morgan fingerprint density at radius 3 is 2.63 bits per heavy atom. The molecule has 0 bridgehead atoms. The van der Waals surface area contributed by atoms with Crippen LogP contribution in [0.2, 0.25) is 0 Å². The van der Waals surface area contributed by atoms with Gasteiger partial charge in [0.25, 0.3) is 0 Å². The molecule has 3 N–H and O–H groups in total. The molecule has 0 aliphatic carbocycles. The van der Waals surface area contributed by atoms with Crippen LogP contribution >= 0.6 is 0 Å². The molecule has 1 heterocycles. The summed E-state index contributed by atoms with van der Waals surface area (Å²) >= 11 is 0. The number of ether oxygens (including phenoxy) is 1. The molecule has 0 saturated heterocycles. The highest BCUT2D eigenvalue weighted by molar-refractivity contribution is 5.66. The summed E-state index contributed by atoms with van der Waals surface area (Å²) in [6.45, 7) is 2.81. The molecule has 19 heavy (non-hydrogen) atoms. The number of nitrogens with one attached hydrogen (secondary N) is 1. The van der Waals surface area contributed by atoms with Crippen LogP contribution in [0.1, 0.15) is 18.1 Å². The van der Waals surface area contributed by atoms with E-state index in [1.54, 1.807) is 0 Å². The van der Waals surface area contributed by atoms with Crippen LogP contribution in [0, 0.1) is 0 Å². The lowest BCUT2D eigenvalue weighted by molar-refractivity contribution is 0.399. The first-order chi connectivity index (χ1) is 9.26. The second-order valence-electron chi connectivity index (χ2n) is 4.12. The van der Waals surface area contributed by atoms with Crippen molar-refractivity contribution in [1.82, 2.24) is 9.97 Å². The first-order valence-electron chi connectivity index (χ1n) is 6.21. The number of hydrogen-bond acceptors (Lipinski definition) is 5. The molecule has 0 aliphatic heterocycles. The lowest BCUT2D eigenvalue weighted by Gasteiger charge is -2.12. The Hall–Kier alpha value is -2.30. The molecule has 0 unspecified atom stereocenters. The van der Waals surface area contributed by atoms with Gasteiger partial charge >= 0.3 is 0 Å². The summed E-state index contributed by atoms with van der Waals surface area (Å²) in [4.78, 5) is 8.08. The molecular weight excluding hydrogens is 240 g/mol. The summed E-state index contributed by atoms with van der Waals surface area (Å²) in [6.07, 6.45) is 2.43. The van der Waals surface area contributed by atoms with E-state index in [1.165, 1.54) is 24.6 Å². The van der Waals surface area contributed by atoms with E-state index in [2.05, 4.69) is 34.3 Å². The van der Waals surface area contributed by atoms with Gasteiger partial charge < -0.3 is 15.8 Å². The number of methoxy groups -OCH3 is 1. The van der Waals surface area contributed by atoms with Crippen molar-refractivity contribution in [3.8, 4) is 5.88 Å². The fraction of sp³-hybridized carbons (Fsp3) is 0.286. The maximum absolute atomic E-state index is 5.92. The van der Waals surface area contributed by atoms with Gasteiger partial charge in [0.1, 0.15) is 12.0 Å². The maximum atomic E-state index is 5.92. The largest absolute Gasteiger partial charge is 0.479 e. The van der Waals surface area contributed by atoms with Crippen LogP contribution in [-0.2, 0) is 13.0 Å². The van der Waals surface area contributed by atoms with Gasteiger partial charge in [-0.05, 0) is 17.5 Å². The predicted molar refractivity (Wildman–Crippen MR) is 76.1 cm³/mol. The Morgan fingerprint density at radius 1 is 1.21 bits per heavy atom. The number of aromatic nitrogens is 2. The molecule has 5 nitrogen and oxygen atoms in total. The topological polar surface area (TPSA) is 73.1 Å². The van der Waals surface area contributed by atoms with Gasteiger partial charge in [0, 0.05) is 6.54 Å². The first kappa shape index (κ1) is 13.1. The third-order valence-electron chi connectivity index (χ3n) is 2.99. The number of rotatable bonds is 5. The number of nitrogen functional groups attached to an aromatic ring is 1. The number of hydrogen-bond donors (Lipinski definition) is 2. The Kier molecular flexibility index (Phi) is 4.18. The Morgan fingerprint density at radius 2 is 1.95 bits per heavy atom. The maximum Gasteiger partial charge on any atom is 0.242 e. The summed E-state index contributed by atoms with van der Waals surface area (Å²) in [6, 6.07) is 8.30. The zero-order chi connectivity index (χ0) is 13.7. The Balaban J connectivity index is 2.15. The molecule has 0 atom stereocenters. The van der Waals surface area contributed by atoms with Crippen molar-refractivity contribution in [3.05, 3.63) is 41.7 Å². The standard InChI is InChI=1S/C14H18N4O/c1-3-10-6-4-5-7-11(10)8-16-13-12(15)14(19-2)18-9-17-13/h4-7,9H,3,8,15H2,1-2H3,(H,16,17,18). The molecule has 2 aromatic rings. The Labute approximate surface area is 112 Å². The third kappa shape index (κ3) is 2.93. The second-order valence-corrected chi connectivity index (χ2v) is 4.12. The van der Waals surface area contributed by atoms with E-state index >= 15 is 0 Å². The third-order valence-corrected chi connectivity index (χ3v) is 2.99. The molecule has 0 aliphatic rings. The van der Waals surface area contributed by atoms with E-state index in [1.807, 2.05) is 12.1 Å². The van der Waals surface area contributed by atoms with Crippen LogP contribution in [0.4, 0.5) is 11.5 Å². The van der Waals surface area contributed by atoms with Gasteiger partial charge in [0.15, 0.2) is 5.82 Å². The zero-order valence-electron chi connectivity index (χ0n) is 11.2. The van der Waals surface area contributed by atoms with Crippen molar-refractivity contribution in [3.63, 3.8) is 0 Å². The van der Waals surface area contributed by atoms with Crippen LogP contribution in [0.5, 0.6) is 5.88 Å². The molecular formula is C14H18N4O. The Bertz CT molecular complexity index is 557. The van der Waals surface area contributed by atoms with Gasteiger partial charge in [0.05, 0.1) is 7.11 Å². The highest BCUT2D eigenvalue weighted by Crippen LogP contribution is 2.24. The van der Waals surface area contributed by atoms with Gasteiger partial charge in [-0.2, -0.15) is 4.98 Å². The fourth-order valence-corrected chi connectivity index (χ4v) is 1.94. The van der Waals surface area contributed by atoms with Crippen molar-refractivity contribution in [2.75, 3.05) is 18.2 Å². The average Bonchev–Trinajstić information content (AvgIpc) is 2.46. The van der Waals surface area contributed by atoms with Crippen molar-refractivity contribution in [1.29, 1.82) is 0 Å². The van der Waals surface area contributed by atoms with Gasteiger partial charge in [-0.15, -0.1) is 0 Å². The fourth-order valence-electron chi connectivity index (χ4n) is 1.94. The second kappa shape index (κ2) is 6.04. The molecule has 1 aromatic heterocycles. The minimum absolute atomic E-state index is 0.390. The number of anilines is 2. The highest BCUT2D eigenvalue weighted by atomic mass is 16.5. The monoisotopic (exact) mass is 258 g/mol. The van der Waals surface area contributed by atoms with E-state index in [0.29, 0.717) is 23.9 Å². The molecule has 1 aromatic carbocycles. The number of benzene rings is 1. The minimum atomic E-state index is 0.390. The highest BCUT2D eigenvalue weighted by Gasteiger charge is 2.08. The zero-order valence-corrected chi connectivity index (χ0v) is 11.2. The van der Waals surface area contributed by atoms with Gasteiger partial charge in [0.2, 0.25) is 5.88 Å². The summed E-state index contributed by atoms with van der Waals surface area (Å²) in [5, 5.41) is 3.22. The van der Waals surface area contributed by atoms with Crippen LogP contribution in [-0.4, -0.2) is 17.1 Å². The molecule has 0 fully saturated rings. The summed E-state index contributed by atoms with van der Waals surface area (Å²) in [5.41, 5.74) is 8.90. The van der Waals surface area contributed by atoms with Crippen molar-refractivity contribution in [2.45, 2.75) is 19.9 Å². The lowest BCUT2D eigenvalue weighted by atomic mass is 10.1. The molecule has 0 saturated carbocycles. The van der Waals surface area contributed by atoms with Gasteiger partial charge in [-0.1, -0.05) is 31.2 Å². The first-order valence-corrected chi connectivity index (χ1v) is 6.21. The minimum Gasteiger partial charge on any atom is -0.479 e. The van der Waals surface area contributed by atoms with Crippen molar-refractivity contribution in [2.24, 2.45) is 0 Å². The van der Waals surface area contributed by atoms with Crippen LogP contribution < -0.4 is 15.8 Å². The van der Waals surface area contributed by atoms with E-state index in [4.69, 9.17) is 10.5 Å². The van der Waals surface area contributed by atoms with Crippen LogP contribution in [0.3, 0.4) is 0 Å². The van der Waals surface area contributed by atoms with Gasteiger partial charge in [-0.25, -0.2) is 4.98 Å². The number of aryl methyl sites for hydroxylation is 1. The summed E-state index contributed by atoms with van der Waals surface area (Å²) < 4.78 is 5.07. The molecule has 0 amide bonds. The lowest BCUT2D eigenvalue weighted by Crippen LogP contribution is -2.08. The summed E-state index contributed by atoms with van der Waals surface area (Å²) in [5.74, 6) is 0.985. The van der Waals surface area contributed by atoms with E-state index in [0.717, 1.165) is 6.42 Å². The molecule has 100 valence electrons. The quantitative estimate of drug-likeness (QED) is 0.860. The normalized spacial score (nSPS) is 10.2. The summed E-state index contributed by atoms with van der Waals surface area (Å²) in [7, 11) is 1.54. The van der Waals surface area contributed by atoms with E-state index in [9.17, 15) is 0 Å². The molecule has 0 radical (unpaired) electrons. The molecule has 5 heteroatoms. The van der Waals surface area contributed by atoms with Gasteiger partial charge in [-0.3, -0.25) is 0 Å². The molecule has 0 spiro atoms. The number of nitrogens with two attached hydrogens (primary N) is 1. The van der Waals surface area contributed by atoms with Crippen molar-refractivity contribution < 1.29 is 4.74 Å². The predicted octanol–water partition coefficient (Wildman–Crippen LogP) is 2.24. The smallest absolute Gasteiger partial charge is 0.242 e.